The zero-order valence-electron chi connectivity index (χ0n) is 17.4. The Kier molecular flexibility index (Phi) is 9.48. The van der Waals surface area contributed by atoms with E-state index in [9.17, 15) is 8.42 Å². The summed E-state index contributed by atoms with van der Waals surface area (Å²) in [5.41, 5.74) is 1.27. The highest BCUT2D eigenvalue weighted by atomic mass is 127. The summed E-state index contributed by atoms with van der Waals surface area (Å²) < 4.78 is 24.8. The van der Waals surface area contributed by atoms with Crippen molar-refractivity contribution in [1.29, 1.82) is 0 Å². The van der Waals surface area contributed by atoms with E-state index in [0.29, 0.717) is 25.0 Å². The first-order valence-electron chi connectivity index (χ1n) is 10.2. The van der Waals surface area contributed by atoms with E-state index in [-0.39, 0.29) is 24.0 Å². The Morgan fingerprint density at radius 3 is 2.45 bits per heavy atom. The summed E-state index contributed by atoms with van der Waals surface area (Å²) in [6, 6.07) is 10.9. The Morgan fingerprint density at radius 1 is 1.14 bits per heavy atom. The predicted molar refractivity (Wildman–Crippen MR) is 131 cm³/mol. The maximum absolute atomic E-state index is 11.6. The third kappa shape index (κ3) is 7.29. The molecule has 0 radical (unpaired) electrons. The first-order chi connectivity index (χ1) is 13.5. The average Bonchev–Trinajstić information content (AvgIpc) is 2.71. The molecular formula is C20H34IN5O2S. The number of para-hydroxylation sites is 1. The van der Waals surface area contributed by atoms with Crippen LogP contribution in [0.25, 0.3) is 0 Å². The zero-order valence-corrected chi connectivity index (χ0v) is 20.5. The molecular weight excluding hydrogens is 501 g/mol. The molecule has 0 aliphatic carbocycles. The quantitative estimate of drug-likeness (QED) is 0.343. The third-order valence-electron chi connectivity index (χ3n) is 5.71. The molecule has 2 fully saturated rings. The van der Waals surface area contributed by atoms with Crippen molar-refractivity contribution >= 4 is 45.6 Å². The normalized spacial score (nSPS) is 22.1. The van der Waals surface area contributed by atoms with E-state index in [1.54, 1.807) is 11.4 Å². The Bertz CT molecular complexity index is 751. The molecule has 1 aromatic carbocycles. The van der Waals surface area contributed by atoms with E-state index < -0.39 is 10.0 Å². The molecule has 29 heavy (non-hydrogen) atoms. The molecule has 0 saturated carbocycles. The summed E-state index contributed by atoms with van der Waals surface area (Å²) in [6.45, 7) is 4.12. The minimum Gasteiger partial charge on any atom is -0.369 e. The van der Waals surface area contributed by atoms with Gasteiger partial charge in [-0.1, -0.05) is 18.2 Å². The van der Waals surface area contributed by atoms with E-state index in [1.165, 1.54) is 11.9 Å². The highest BCUT2D eigenvalue weighted by molar-refractivity contribution is 14.0. The first kappa shape index (κ1) is 24.2. The van der Waals surface area contributed by atoms with Crippen LogP contribution >= 0.6 is 24.0 Å². The van der Waals surface area contributed by atoms with Gasteiger partial charge in [0.25, 0.3) is 0 Å². The van der Waals surface area contributed by atoms with Crippen molar-refractivity contribution in [3.63, 3.8) is 0 Å². The third-order valence-corrected chi connectivity index (χ3v) is 7.01. The first-order valence-corrected chi connectivity index (χ1v) is 12.0. The maximum Gasteiger partial charge on any atom is 0.211 e. The summed E-state index contributed by atoms with van der Waals surface area (Å²) in [5.74, 6) is 1.31. The number of anilines is 1. The number of aliphatic imine (C=N–C) groups is 1. The van der Waals surface area contributed by atoms with Gasteiger partial charge in [0.2, 0.25) is 10.0 Å². The van der Waals surface area contributed by atoms with Crippen molar-refractivity contribution in [2.24, 2.45) is 10.9 Å². The van der Waals surface area contributed by atoms with Crippen LogP contribution in [0.1, 0.15) is 25.7 Å². The van der Waals surface area contributed by atoms with Gasteiger partial charge in [-0.2, -0.15) is 0 Å². The Morgan fingerprint density at radius 2 is 1.83 bits per heavy atom. The van der Waals surface area contributed by atoms with Crippen molar-refractivity contribution < 1.29 is 8.42 Å². The smallest absolute Gasteiger partial charge is 0.211 e. The highest BCUT2D eigenvalue weighted by Crippen LogP contribution is 2.20. The minimum atomic E-state index is -3.06. The number of halogens is 1. The van der Waals surface area contributed by atoms with Gasteiger partial charge in [-0.25, -0.2) is 12.7 Å². The second-order valence-corrected chi connectivity index (χ2v) is 9.81. The van der Waals surface area contributed by atoms with E-state index in [4.69, 9.17) is 0 Å². The Balaban J connectivity index is 0.00000300. The van der Waals surface area contributed by atoms with Crippen molar-refractivity contribution in [2.45, 2.75) is 31.7 Å². The lowest BCUT2D eigenvalue weighted by Crippen LogP contribution is -2.52. The van der Waals surface area contributed by atoms with Gasteiger partial charge in [-0.05, 0) is 43.7 Å². The van der Waals surface area contributed by atoms with Gasteiger partial charge < -0.3 is 15.5 Å². The van der Waals surface area contributed by atoms with Crippen LogP contribution in [-0.4, -0.2) is 70.8 Å². The molecule has 0 spiro atoms. The van der Waals surface area contributed by atoms with Gasteiger partial charge in [0.1, 0.15) is 0 Å². The van der Waals surface area contributed by atoms with Crippen LogP contribution in [0.3, 0.4) is 0 Å². The van der Waals surface area contributed by atoms with Crippen molar-refractivity contribution in [2.75, 3.05) is 50.9 Å². The number of nitrogens with zero attached hydrogens (tertiary/aromatic N) is 3. The van der Waals surface area contributed by atoms with Crippen LogP contribution in [0.4, 0.5) is 5.69 Å². The second kappa shape index (κ2) is 11.4. The van der Waals surface area contributed by atoms with Crippen LogP contribution in [0.5, 0.6) is 0 Å². The number of rotatable bonds is 5. The van der Waals surface area contributed by atoms with E-state index >= 15 is 0 Å². The lowest BCUT2D eigenvalue weighted by molar-refractivity contribution is 0.274. The van der Waals surface area contributed by atoms with Crippen molar-refractivity contribution in [3.8, 4) is 0 Å². The number of hydrogen-bond acceptors (Lipinski definition) is 4. The van der Waals surface area contributed by atoms with Crippen molar-refractivity contribution in [3.05, 3.63) is 30.3 Å². The van der Waals surface area contributed by atoms with Gasteiger partial charge in [-0.3, -0.25) is 4.99 Å². The Hall–Kier alpha value is -1.07. The second-order valence-electron chi connectivity index (χ2n) is 7.82. The number of guanidine groups is 1. The van der Waals surface area contributed by atoms with Crippen LogP contribution < -0.4 is 15.5 Å². The summed E-state index contributed by atoms with van der Waals surface area (Å²) in [6.07, 6.45) is 5.37. The maximum atomic E-state index is 11.6. The molecule has 2 N–H and O–H groups in total. The van der Waals surface area contributed by atoms with Gasteiger partial charge in [0, 0.05) is 51.5 Å². The number of sulfonamides is 1. The van der Waals surface area contributed by atoms with Crippen LogP contribution in [-0.2, 0) is 10.0 Å². The van der Waals surface area contributed by atoms with Crippen LogP contribution in [0.2, 0.25) is 0 Å². The van der Waals surface area contributed by atoms with E-state index in [0.717, 1.165) is 51.3 Å². The standard InChI is InChI=1S/C20H33N5O2S.HI/c1-21-20(22-15-17-10-13-25(14-11-17)28(2,26)27)23-18-7-6-12-24(16-18)19-8-4-3-5-9-19;/h3-5,8-9,17-18H,6-7,10-16H2,1-2H3,(H2,21,22,23);1H. The zero-order chi connectivity index (χ0) is 20.0. The fourth-order valence-electron chi connectivity index (χ4n) is 4.04. The van der Waals surface area contributed by atoms with E-state index in [2.05, 4.69) is 50.9 Å². The Labute approximate surface area is 192 Å². The monoisotopic (exact) mass is 535 g/mol. The molecule has 9 heteroatoms. The van der Waals surface area contributed by atoms with Gasteiger partial charge in [0.05, 0.1) is 6.26 Å². The summed E-state index contributed by atoms with van der Waals surface area (Å²) in [5, 5.41) is 7.02. The average molecular weight is 535 g/mol. The molecule has 1 aromatic rings. The molecule has 2 heterocycles. The number of benzene rings is 1. The molecule has 0 bridgehead atoms. The molecule has 2 aliphatic rings. The molecule has 3 rings (SSSR count). The molecule has 0 aromatic heterocycles. The molecule has 1 atom stereocenters. The minimum absolute atomic E-state index is 0. The largest absolute Gasteiger partial charge is 0.369 e. The summed E-state index contributed by atoms with van der Waals surface area (Å²) >= 11 is 0. The molecule has 164 valence electrons. The SMILES string of the molecule is CN=C(NCC1CCN(S(C)(=O)=O)CC1)NC1CCCN(c2ccccc2)C1.I. The molecule has 1 unspecified atom stereocenters. The summed E-state index contributed by atoms with van der Waals surface area (Å²) in [4.78, 5) is 6.81. The highest BCUT2D eigenvalue weighted by Gasteiger charge is 2.25. The fourth-order valence-corrected chi connectivity index (χ4v) is 4.92. The van der Waals surface area contributed by atoms with Gasteiger partial charge >= 0.3 is 0 Å². The van der Waals surface area contributed by atoms with Crippen molar-refractivity contribution in [1.82, 2.24) is 14.9 Å². The predicted octanol–water partition coefficient (Wildman–Crippen LogP) is 2.11. The number of nitrogens with one attached hydrogen (secondary N) is 2. The van der Waals surface area contributed by atoms with Crippen LogP contribution in [0.15, 0.2) is 35.3 Å². The van der Waals surface area contributed by atoms with Crippen LogP contribution in [0, 0.1) is 5.92 Å². The fraction of sp³-hybridized carbons (Fsp3) is 0.650. The molecule has 2 aliphatic heterocycles. The number of piperidine rings is 2. The topological polar surface area (TPSA) is 77.0 Å². The lowest BCUT2D eigenvalue weighted by atomic mass is 9.98. The van der Waals surface area contributed by atoms with Gasteiger partial charge in [0.15, 0.2) is 5.96 Å². The number of hydrogen-bond donors (Lipinski definition) is 2. The molecule has 0 amide bonds. The lowest BCUT2D eigenvalue weighted by Gasteiger charge is -2.36. The molecule has 7 nitrogen and oxygen atoms in total. The molecule has 2 saturated heterocycles. The van der Waals surface area contributed by atoms with Gasteiger partial charge in [-0.15, -0.1) is 24.0 Å². The summed E-state index contributed by atoms with van der Waals surface area (Å²) in [7, 11) is -1.26. The van der Waals surface area contributed by atoms with E-state index in [1.807, 2.05) is 0 Å².